The first kappa shape index (κ1) is 27.8. The average molecular weight is 549 g/mol. The van der Waals surface area contributed by atoms with Crippen molar-refractivity contribution in [2.45, 2.75) is 45.8 Å². The summed E-state index contributed by atoms with van der Waals surface area (Å²) in [6.07, 6.45) is 0. The first-order valence-corrected chi connectivity index (χ1v) is 13.2. The molecular formula is C28H32N6O4S. The molecule has 0 unspecified atom stereocenters. The number of aryl methyl sites for hydroxylation is 1. The van der Waals surface area contributed by atoms with Gasteiger partial charge in [0.1, 0.15) is 24.1 Å². The molecule has 1 atom stereocenters. The number of methoxy groups -OCH3 is 2. The Labute approximate surface area is 231 Å². The second-order valence-electron chi connectivity index (χ2n) is 9.92. The fraction of sp³-hybridized carbons (Fsp3) is 0.321. The first-order chi connectivity index (χ1) is 18.6. The van der Waals surface area contributed by atoms with E-state index in [9.17, 15) is 9.59 Å². The molecule has 0 aliphatic carbocycles. The molecule has 0 fully saturated rings. The van der Waals surface area contributed by atoms with Crippen molar-refractivity contribution in [2.24, 2.45) is 0 Å². The van der Waals surface area contributed by atoms with Gasteiger partial charge in [0.2, 0.25) is 11.7 Å². The zero-order valence-electron chi connectivity index (χ0n) is 22.8. The minimum absolute atomic E-state index is 0.238. The van der Waals surface area contributed by atoms with Crippen molar-refractivity contribution >= 4 is 28.8 Å². The molecule has 2 amide bonds. The molecule has 204 valence electrons. The summed E-state index contributed by atoms with van der Waals surface area (Å²) in [7, 11) is 3.07. The fourth-order valence-electron chi connectivity index (χ4n) is 4.15. The highest BCUT2D eigenvalue weighted by Gasteiger charge is 2.37. The van der Waals surface area contributed by atoms with Gasteiger partial charge in [-0.05, 0) is 74.2 Å². The van der Waals surface area contributed by atoms with Crippen LogP contribution in [0.15, 0.2) is 60.0 Å². The van der Waals surface area contributed by atoms with Gasteiger partial charge in [-0.15, -0.1) is 21.5 Å². The average Bonchev–Trinajstić information content (AvgIpc) is 3.58. The SMILES string of the molecule is COc1ccc(OC)c([C@@H](C(=O)NC(C)(C)C)N(C(=O)Cn2nnc(-c3cccs3)n2)c2ccccc2C)c1. The number of amides is 2. The van der Waals surface area contributed by atoms with Crippen LogP contribution in [0.1, 0.15) is 37.9 Å². The number of benzene rings is 2. The van der Waals surface area contributed by atoms with Crippen molar-refractivity contribution in [1.29, 1.82) is 0 Å². The van der Waals surface area contributed by atoms with Gasteiger partial charge in [-0.1, -0.05) is 24.3 Å². The van der Waals surface area contributed by atoms with Crippen molar-refractivity contribution in [3.63, 3.8) is 0 Å². The maximum Gasteiger partial charge on any atom is 0.251 e. The van der Waals surface area contributed by atoms with Crippen LogP contribution in [0, 0.1) is 6.92 Å². The number of thiophene rings is 1. The third-order valence-electron chi connectivity index (χ3n) is 5.85. The number of anilines is 1. The van der Waals surface area contributed by atoms with E-state index in [1.165, 1.54) is 28.1 Å². The molecule has 2 heterocycles. The Morgan fingerprint density at radius 2 is 1.85 bits per heavy atom. The molecule has 2 aromatic carbocycles. The number of nitrogens with zero attached hydrogens (tertiary/aromatic N) is 5. The topological polar surface area (TPSA) is 111 Å². The third-order valence-corrected chi connectivity index (χ3v) is 6.72. The molecule has 1 N–H and O–H groups in total. The lowest BCUT2D eigenvalue weighted by atomic mass is 9.98. The maximum atomic E-state index is 14.1. The quantitative estimate of drug-likeness (QED) is 0.330. The molecule has 11 heteroatoms. The summed E-state index contributed by atoms with van der Waals surface area (Å²) in [5.74, 6) is 0.608. The molecule has 0 aliphatic heterocycles. The van der Waals surface area contributed by atoms with Crippen LogP contribution in [0.2, 0.25) is 0 Å². The summed E-state index contributed by atoms with van der Waals surface area (Å²) in [6.45, 7) is 7.31. The van der Waals surface area contributed by atoms with E-state index >= 15 is 0 Å². The Kier molecular flexibility index (Phi) is 8.29. The predicted molar refractivity (Wildman–Crippen MR) is 150 cm³/mol. The van der Waals surface area contributed by atoms with Crippen LogP contribution in [-0.2, 0) is 16.1 Å². The van der Waals surface area contributed by atoms with Crippen LogP contribution < -0.4 is 19.7 Å². The van der Waals surface area contributed by atoms with Crippen LogP contribution in [0.3, 0.4) is 0 Å². The number of carbonyl (C=O) groups excluding carboxylic acids is 2. The van der Waals surface area contributed by atoms with Gasteiger partial charge in [0.05, 0.1) is 19.1 Å². The highest BCUT2D eigenvalue weighted by Crippen LogP contribution is 2.37. The Morgan fingerprint density at radius 3 is 2.49 bits per heavy atom. The van der Waals surface area contributed by atoms with E-state index in [0.29, 0.717) is 28.6 Å². The second kappa shape index (κ2) is 11.6. The van der Waals surface area contributed by atoms with Crippen molar-refractivity contribution in [3.05, 3.63) is 71.1 Å². The normalized spacial score (nSPS) is 12.1. The molecule has 0 saturated carbocycles. The number of hydrogen-bond donors (Lipinski definition) is 1. The lowest BCUT2D eigenvalue weighted by molar-refractivity contribution is -0.128. The molecular weight excluding hydrogens is 516 g/mol. The van der Waals surface area contributed by atoms with Gasteiger partial charge in [0.25, 0.3) is 5.91 Å². The summed E-state index contributed by atoms with van der Waals surface area (Å²) in [6, 6.07) is 15.3. The van der Waals surface area contributed by atoms with Crippen LogP contribution in [0.4, 0.5) is 5.69 Å². The Bertz CT molecular complexity index is 1440. The standard InChI is InChI=1S/C28H32N6O4S/c1-18-10-7-8-11-21(18)34(24(35)17-33-31-26(30-32-33)23-12-9-15-39-23)25(27(36)29-28(2,3)4)20-16-19(37-5)13-14-22(20)38-6/h7-16,25H,17H2,1-6H3,(H,29,36)/t25-/m0/s1. The van der Waals surface area contributed by atoms with E-state index < -0.39 is 17.5 Å². The van der Waals surface area contributed by atoms with Crippen LogP contribution in [0.25, 0.3) is 10.7 Å². The number of hydrogen-bond acceptors (Lipinski definition) is 8. The molecule has 0 spiro atoms. The smallest absolute Gasteiger partial charge is 0.251 e. The fourth-order valence-corrected chi connectivity index (χ4v) is 4.80. The van der Waals surface area contributed by atoms with E-state index in [2.05, 4.69) is 20.7 Å². The van der Waals surface area contributed by atoms with E-state index in [-0.39, 0.29) is 12.5 Å². The van der Waals surface area contributed by atoms with Crippen molar-refractivity contribution in [1.82, 2.24) is 25.5 Å². The summed E-state index contributed by atoms with van der Waals surface area (Å²) >= 11 is 1.48. The summed E-state index contributed by atoms with van der Waals surface area (Å²) in [5.41, 5.74) is 1.29. The summed E-state index contributed by atoms with van der Waals surface area (Å²) in [5, 5.41) is 17.6. The van der Waals surface area contributed by atoms with Crippen LogP contribution in [-0.4, -0.2) is 51.8 Å². The highest BCUT2D eigenvalue weighted by molar-refractivity contribution is 7.13. The molecule has 0 saturated heterocycles. The van der Waals surface area contributed by atoms with Gasteiger partial charge >= 0.3 is 0 Å². The van der Waals surface area contributed by atoms with Crippen molar-refractivity contribution < 1.29 is 19.1 Å². The Balaban J connectivity index is 1.85. The van der Waals surface area contributed by atoms with Crippen LogP contribution in [0.5, 0.6) is 11.5 Å². The zero-order valence-corrected chi connectivity index (χ0v) is 23.7. The van der Waals surface area contributed by atoms with Gasteiger partial charge in [-0.3, -0.25) is 14.5 Å². The highest BCUT2D eigenvalue weighted by atomic mass is 32.1. The molecule has 0 bridgehead atoms. The van der Waals surface area contributed by atoms with Gasteiger partial charge in [-0.25, -0.2) is 0 Å². The molecule has 39 heavy (non-hydrogen) atoms. The van der Waals surface area contributed by atoms with Crippen molar-refractivity contribution in [2.75, 3.05) is 19.1 Å². The lowest BCUT2D eigenvalue weighted by Gasteiger charge is -2.35. The molecule has 10 nitrogen and oxygen atoms in total. The molecule has 4 aromatic rings. The zero-order chi connectivity index (χ0) is 28.2. The largest absolute Gasteiger partial charge is 0.497 e. The van der Waals surface area contributed by atoms with Gasteiger partial charge < -0.3 is 14.8 Å². The third kappa shape index (κ3) is 6.43. The number of rotatable bonds is 9. The number of para-hydroxylation sites is 1. The van der Waals surface area contributed by atoms with Crippen molar-refractivity contribution in [3.8, 4) is 22.2 Å². The first-order valence-electron chi connectivity index (χ1n) is 12.3. The van der Waals surface area contributed by atoms with E-state index in [1.807, 2.05) is 69.5 Å². The molecule has 0 radical (unpaired) electrons. The monoisotopic (exact) mass is 548 g/mol. The minimum Gasteiger partial charge on any atom is -0.497 e. The molecule has 2 aromatic heterocycles. The Hall–Kier alpha value is -4.25. The number of ether oxygens (including phenoxy) is 2. The Morgan fingerprint density at radius 1 is 1.08 bits per heavy atom. The van der Waals surface area contributed by atoms with E-state index in [0.717, 1.165) is 10.4 Å². The number of tetrazole rings is 1. The van der Waals surface area contributed by atoms with E-state index in [4.69, 9.17) is 9.47 Å². The second-order valence-corrected chi connectivity index (χ2v) is 10.9. The molecule has 4 rings (SSSR count). The van der Waals surface area contributed by atoms with Gasteiger partial charge in [-0.2, -0.15) is 4.80 Å². The van der Waals surface area contributed by atoms with Gasteiger partial charge in [0.15, 0.2) is 0 Å². The minimum atomic E-state index is -1.09. The lowest BCUT2D eigenvalue weighted by Crippen LogP contribution is -2.50. The molecule has 0 aliphatic rings. The summed E-state index contributed by atoms with van der Waals surface area (Å²) < 4.78 is 11.1. The number of carbonyl (C=O) groups is 2. The number of aromatic nitrogens is 4. The summed E-state index contributed by atoms with van der Waals surface area (Å²) in [4.78, 5) is 31.7. The van der Waals surface area contributed by atoms with E-state index in [1.54, 1.807) is 25.3 Å². The van der Waals surface area contributed by atoms with Crippen LogP contribution >= 0.6 is 11.3 Å². The maximum absolute atomic E-state index is 14.1. The van der Waals surface area contributed by atoms with Gasteiger partial charge in [0, 0.05) is 16.8 Å². The predicted octanol–water partition coefficient (Wildman–Crippen LogP) is 4.42. The number of nitrogens with one attached hydrogen (secondary N) is 1.